The van der Waals surface area contributed by atoms with Crippen LogP contribution in [0.5, 0.6) is 11.5 Å². The summed E-state index contributed by atoms with van der Waals surface area (Å²) in [5.74, 6) is 2.61. The van der Waals surface area contributed by atoms with Crippen molar-refractivity contribution in [2.75, 3.05) is 50.2 Å². The molecule has 1 fully saturated rings. The van der Waals surface area contributed by atoms with Crippen LogP contribution < -0.4 is 19.3 Å². The second-order valence-electron chi connectivity index (χ2n) is 7.68. The topological polar surface area (TPSA) is 37.8 Å². The number of hydrogen-bond donors (Lipinski definition) is 0. The number of fused-ring (bicyclic) bond motifs is 1. The van der Waals surface area contributed by atoms with Crippen molar-refractivity contribution >= 4 is 22.4 Å². The molecule has 0 saturated carbocycles. The van der Waals surface area contributed by atoms with E-state index in [2.05, 4.69) is 54.8 Å². The summed E-state index contributed by atoms with van der Waals surface area (Å²) in [5, 5.41) is 1.02. The molecule has 0 bridgehead atoms. The molecule has 4 rings (SSSR count). The van der Waals surface area contributed by atoms with Crippen LogP contribution in [0.1, 0.15) is 16.7 Å². The SMILES string of the molecule is COc1ccc(OC)c2c(C)cc(N3CCN(c4cccc(C)c4C)CC3)nc12. The summed E-state index contributed by atoms with van der Waals surface area (Å²) in [6.07, 6.45) is 0. The molecule has 2 heterocycles. The molecule has 3 aromatic rings. The highest BCUT2D eigenvalue weighted by Crippen LogP contribution is 2.36. The van der Waals surface area contributed by atoms with Crippen LogP contribution in [0.25, 0.3) is 10.9 Å². The Morgan fingerprint density at radius 2 is 1.45 bits per heavy atom. The largest absolute Gasteiger partial charge is 0.496 e. The average molecular weight is 392 g/mol. The van der Waals surface area contributed by atoms with Gasteiger partial charge in [0.1, 0.15) is 22.8 Å². The molecule has 0 radical (unpaired) electrons. The molecule has 2 aromatic carbocycles. The third-order valence-electron chi connectivity index (χ3n) is 6.03. The zero-order valence-electron chi connectivity index (χ0n) is 18.0. The number of hydrogen-bond acceptors (Lipinski definition) is 5. The predicted molar refractivity (Wildman–Crippen MR) is 120 cm³/mol. The quantitative estimate of drug-likeness (QED) is 0.654. The van der Waals surface area contributed by atoms with E-state index in [9.17, 15) is 0 Å². The van der Waals surface area contributed by atoms with Gasteiger partial charge in [0.25, 0.3) is 0 Å². The Hall–Kier alpha value is -2.95. The fraction of sp³-hybridized carbons (Fsp3) is 0.375. The number of aryl methyl sites for hydroxylation is 2. The van der Waals surface area contributed by atoms with E-state index in [0.29, 0.717) is 0 Å². The van der Waals surface area contributed by atoms with Gasteiger partial charge in [0, 0.05) is 37.3 Å². The van der Waals surface area contributed by atoms with Gasteiger partial charge in [-0.15, -0.1) is 0 Å². The Balaban J connectivity index is 1.62. The van der Waals surface area contributed by atoms with Crippen molar-refractivity contribution in [3.8, 4) is 11.5 Å². The van der Waals surface area contributed by atoms with E-state index in [1.807, 2.05) is 12.1 Å². The number of benzene rings is 2. The zero-order valence-corrected chi connectivity index (χ0v) is 18.0. The maximum Gasteiger partial charge on any atom is 0.145 e. The number of nitrogens with zero attached hydrogens (tertiary/aromatic N) is 3. The lowest BCUT2D eigenvalue weighted by atomic mass is 10.1. The molecule has 1 aromatic heterocycles. The normalized spacial score (nSPS) is 14.4. The van der Waals surface area contributed by atoms with Crippen LogP contribution >= 0.6 is 0 Å². The van der Waals surface area contributed by atoms with Gasteiger partial charge in [-0.2, -0.15) is 0 Å². The predicted octanol–water partition coefficient (Wildman–Crippen LogP) is 4.50. The number of piperazine rings is 1. The molecule has 5 heteroatoms. The molecule has 0 atom stereocenters. The van der Waals surface area contributed by atoms with E-state index in [0.717, 1.165) is 60.0 Å². The van der Waals surface area contributed by atoms with Crippen molar-refractivity contribution in [3.63, 3.8) is 0 Å². The smallest absolute Gasteiger partial charge is 0.145 e. The number of anilines is 2. The number of methoxy groups -OCH3 is 2. The second-order valence-corrected chi connectivity index (χ2v) is 7.68. The molecular weight excluding hydrogens is 362 g/mol. The van der Waals surface area contributed by atoms with Crippen molar-refractivity contribution in [2.24, 2.45) is 0 Å². The van der Waals surface area contributed by atoms with E-state index in [4.69, 9.17) is 14.5 Å². The van der Waals surface area contributed by atoms with Gasteiger partial charge in [-0.3, -0.25) is 0 Å². The zero-order chi connectivity index (χ0) is 20.5. The summed E-state index contributed by atoms with van der Waals surface area (Å²) in [4.78, 5) is 9.82. The molecule has 1 saturated heterocycles. The summed E-state index contributed by atoms with van der Waals surface area (Å²) in [7, 11) is 3.38. The van der Waals surface area contributed by atoms with Gasteiger partial charge in [-0.05, 0) is 61.7 Å². The molecular formula is C24H29N3O2. The highest BCUT2D eigenvalue weighted by atomic mass is 16.5. The first-order valence-electron chi connectivity index (χ1n) is 10.1. The molecule has 29 heavy (non-hydrogen) atoms. The van der Waals surface area contributed by atoms with Crippen LogP contribution in [0, 0.1) is 20.8 Å². The summed E-state index contributed by atoms with van der Waals surface area (Å²) in [6, 6.07) is 12.6. The Bertz CT molecular complexity index is 1040. The van der Waals surface area contributed by atoms with Gasteiger partial charge in [-0.1, -0.05) is 12.1 Å². The molecule has 5 nitrogen and oxygen atoms in total. The molecule has 0 N–H and O–H groups in total. The van der Waals surface area contributed by atoms with E-state index >= 15 is 0 Å². The third kappa shape index (κ3) is 3.46. The molecule has 0 unspecified atom stereocenters. The molecule has 1 aliphatic heterocycles. The number of rotatable bonds is 4. The molecule has 0 aliphatic carbocycles. The first-order chi connectivity index (χ1) is 14.0. The van der Waals surface area contributed by atoms with Gasteiger partial charge in [-0.25, -0.2) is 4.98 Å². The Morgan fingerprint density at radius 1 is 0.793 bits per heavy atom. The van der Waals surface area contributed by atoms with Gasteiger partial charge in [0.2, 0.25) is 0 Å². The molecule has 152 valence electrons. The van der Waals surface area contributed by atoms with Crippen LogP contribution in [-0.2, 0) is 0 Å². The monoisotopic (exact) mass is 391 g/mol. The fourth-order valence-electron chi connectivity index (χ4n) is 4.21. The summed E-state index contributed by atoms with van der Waals surface area (Å²) < 4.78 is 11.1. The lowest BCUT2D eigenvalue weighted by Gasteiger charge is -2.37. The van der Waals surface area contributed by atoms with Crippen LogP contribution in [0.4, 0.5) is 11.5 Å². The van der Waals surface area contributed by atoms with Crippen molar-refractivity contribution in [1.29, 1.82) is 0 Å². The van der Waals surface area contributed by atoms with E-state index in [1.54, 1.807) is 14.2 Å². The summed E-state index contributed by atoms with van der Waals surface area (Å²) >= 11 is 0. The number of pyridine rings is 1. The summed E-state index contributed by atoms with van der Waals surface area (Å²) in [5.41, 5.74) is 6.07. The number of aromatic nitrogens is 1. The van der Waals surface area contributed by atoms with Crippen molar-refractivity contribution in [2.45, 2.75) is 20.8 Å². The van der Waals surface area contributed by atoms with Crippen LogP contribution in [-0.4, -0.2) is 45.4 Å². The van der Waals surface area contributed by atoms with Gasteiger partial charge in [0.05, 0.1) is 14.2 Å². The summed E-state index contributed by atoms with van der Waals surface area (Å²) in [6.45, 7) is 10.4. The lowest BCUT2D eigenvalue weighted by molar-refractivity contribution is 0.409. The van der Waals surface area contributed by atoms with Crippen molar-refractivity contribution in [3.05, 3.63) is 53.1 Å². The highest BCUT2D eigenvalue weighted by Gasteiger charge is 2.22. The lowest BCUT2D eigenvalue weighted by Crippen LogP contribution is -2.47. The minimum atomic E-state index is 0.778. The fourth-order valence-corrected chi connectivity index (χ4v) is 4.21. The first-order valence-corrected chi connectivity index (χ1v) is 10.1. The average Bonchev–Trinajstić information content (AvgIpc) is 2.75. The number of ether oxygens (including phenoxy) is 2. The van der Waals surface area contributed by atoms with Gasteiger partial charge in [0.15, 0.2) is 0 Å². The van der Waals surface area contributed by atoms with Crippen molar-refractivity contribution in [1.82, 2.24) is 4.98 Å². The van der Waals surface area contributed by atoms with Crippen LogP contribution in [0.15, 0.2) is 36.4 Å². The standard InChI is InChI=1S/C24H29N3O2/c1-16-7-6-8-19(18(16)3)26-11-13-27(14-12-26)22-15-17(2)23-20(28-4)9-10-21(29-5)24(23)25-22/h6-10,15H,11-14H2,1-5H3. The minimum Gasteiger partial charge on any atom is -0.496 e. The maximum atomic E-state index is 5.58. The second kappa shape index (κ2) is 7.82. The molecule has 0 spiro atoms. The Morgan fingerprint density at radius 3 is 2.14 bits per heavy atom. The third-order valence-corrected chi connectivity index (χ3v) is 6.03. The van der Waals surface area contributed by atoms with Crippen molar-refractivity contribution < 1.29 is 9.47 Å². The van der Waals surface area contributed by atoms with Crippen LogP contribution in [0.2, 0.25) is 0 Å². The van der Waals surface area contributed by atoms with E-state index in [-0.39, 0.29) is 0 Å². The van der Waals surface area contributed by atoms with Crippen LogP contribution in [0.3, 0.4) is 0 Å². The van der Waals surface area contributed by atoms with Gasteiger partial charge < -0.3 is 19.3 Å². The Kier molecular flexibility index (Phi) is 5.22. The maximum absolute atomic E-state index is 5.58. The molecule has 0 amide bonds. The Labute approximate surface area is 172 Å². The van der Waals surface area contributed by atoms with Gasteiger partial charge >= 0.3 is 0 Å². The highest BCUT2D eigenvalue weighted by molar-refractivity contribution is 5.94. The van der Waals surface area contributed by atoms with E-state index < -0.39 is 0 Å². The minimum absolute atomic E-state index is 0.778. The first kappa shape index (κ1) is 19.4. The van der Waals surface area contributed by atoms with E-state index in [1.165, 1.54) is 16.8 Å². The molecule has 1 aliphatic rings.